The average Bonchev–Trinajstić information content (AvgIpc) is 2.88. The van der Waals surface area contributed by atoms with E-state index in [2.05, 4.69) is 28.8 Å². The highest BCUT2D eigenvalue weighted by Crippen LogP contribution is 2.34. The first-order valence-corrected chi connectivity index (χ1v) is 13.6. The monoisotopic (exact) mass is 491 g/mol. The van der Waals surface area contributed by atoms with E-state index in [9.17, 15) is 14.7 Å². The van der Waals surface area contributed by atoms with Gasteiger partial charge in [-0.05, 0) is 98.9 Å². The van der Waals surface area contributed by atoms with Gasteiger partial charge in [0.05, 0.1) is 6.10 Å². The minimum atomic E-state index is -1.02. The lowest BCUT2D eigenvalue weighted by Gasteiger charge is -2.35. The van der Waals surface area contributed by atoms with Gasteiger partial charge in [-0.3, -0.25) is 4.79 Å². The minimum absolute atomic E-state index is 0.180. The van der Waals surface area contributed by atoms with Crippen molar-refractivity contribution in [2.75, 3.05) is 18.5 Å². The van der Waals surface area contributed by atoms with E-state index < -0.39 is 12.0 Å². The number of benzene rings is 1. The number of nitrogens with one attached hydrogen (secondary N) is 2. The summed E-state index contributed by atoms with van der Waals surface area (Å²) >= 11 is 0. The van der Waals surface area contributed by atoms with Gasteiger partial charge < -0.3 is 20.5 Å². The van der Waals surface area contributed by atoms with Crippen molar-refractivity contribution in [1.29, 1.82) is 0 Å². The Morgan fingerprint density at radius 1 is 1.08 bits per heavy atom. The summed E-state index contributed by atoms with van der Waals surface area (Å²) in [5, 5.41) is 15.8. The lowest BCUT2D eigenvalue weighted by atomic mass is 9.79. The molecule has 0 unspecified atom stereocenters. The van der Waals surface area contributed by atoms with Crippen LogP contribution in [0.1, 0.15) is 77.7 Å². The minimum Gasteiger partial charge on any atom is -0.480 e. The third kappa shape index (κ3) is 5.89. The number of carbonyl (C=O) groups excluding carboxylic acids is 1. The Morgan fingerprint density at radius 3 is 2.78 bits per heavy atom. The van der Waals surface area contributed by atoms with Crippen LogP contribution in [0.15, 0.2) is 30.3 Å². The van der Waals surface area contributed by atoms with Crippen LogP contribution in [0.2, 0.25) is 0 Å². The molecule has 7 nitrogen and oxygen atoms in total. The number of carboxylic acid groups (broad SMARTS) is 1. The summed E-state index contributed by atoms with van der Waals surface area (Å²) in [6.45, 7) is 1.34. The van der Waals surface area contributed by atoms with E-state index in [1.54, 1.807) is 6.07 Å². The Balaban J connectivity index is 1.03. The molecule has 0 radical (unpaired) electrons. The van der Waals surface area contributed by atoms with Gasteiger partial charge in [-0.15, -0.1) is 0 Å². The molecule has 0 spiro atoms. The van der Waals surface area contributed by atoms with Gasteiger partial charge in [-0.25, -0.2) is 9.78 Å². The predicted octanol–water partition coefficient (Wildman–Crippen LogP) is 4.32. The van der Waals surface area contributed by atoms with E-state index in [4.69, 9.17) is 9.72 Å². The second kappa shape index (κ2) is 11.4. The van der Waals surface area contributed by atoms with E-state index in [-0.39, 0.29) is 18.4 Å². The highest BCUT2D eigenvalue weighted by atomic mass is 16.5. The molecule has 192 valence electrons. The summed E-state index contributed by atoms with van der Waals surface area (Å²) in [6, 6.07) is 9.19. The van der Waals surface area contributed by atoms with Crippen molar-refractivity contribution >= 4 is 17.7 Å². The molecule has 3 aliphatic rings. The molecule has 1 fully saturated rings. The van der Waals surface area contributed by atoms with E-state index in [0.717, 1.165) is 81.4 Å². The number of carbonyl (C=O) groups is 2. The Labute approximate surface area is 213 Å². The van der Waals surface area contributed by atoms with Crippen molar-refractivity contribution < 1.29 is 19.4 Å². The van der Waals surface area contributed by atoms with Crippen molar-refractivity contribution in [2.24, 2.45) is 5.92 Å². The number of aryl methyl sites for hydroxylation is 3. The molecule has 1 aliphatic heterocycles. The highest BCUT2D eigenvalue weighted by molar-refractivity contribution is 5.98. The fraction of sp³-hybridized carbons (Fsp3) is 0.552. The first-order valence-electron chi connectivity index (χ1n) is 13.6. The van der Waals surface area contributed by atoms with Gasteiger partial charge in [-0.2, -0.15) is 0 Å². The van der Waals surface area contributed by atoms with Crippen LogP contribution in [-0.2, 0) is 35.2 Å². The number of fused-ring (bicyclic) bond motifs is 2. The first-order chi connectivity index (χ1) is 17.6. The average molecular weight is 492 g/mol. The van der Waals surface area contributed by atoms with E-state index in [0.29, 0.717) is 18.1 Å². The molecule has 2 aliphatic carbocycles. The standard InChI is InChI=1S/C29H37N3O4/c33-28(25-9-3-6-20-5-1-2-8-24(20)25)32-26(29(34)35)14-16-36-23-17-19(18-23)10-12-22-13-11-21-7-4-15-30-27(21)31-22/h3,6,9,11,13,19,23,26H,1-2,4-5,7-8,10,12,14-18H2,(H,30,31)(H,32,33)(H,34,35)/t19-,23+,26-/m0/s1. The summed E-state index contributed by atoms with van der Waals surface area (Å²) in [5.41, 5.74) is 5.37. The number of nitrogens with zero attached hydrogens (tertiary/aromatic N) is 1. The third-order valence-corrected chi connectivity index (χ3v) is 7.96. The Bertz CT molecular complexity index is 1100. The van der Waals surface area contributed by atoms with Gasteiger partial charge in [0.1, 0.15) is 11.9 Å². The maximum atomic E-state index is 12.9. The predicted molar refractivity (Wildman–Crippen MR) is 138 cm³/mol. The number of ether oxygens (including phenoxy) is 1. The van der Waals surface area contributed by atoms with Crippen LogP contribution in [0.3, 0.4) is 0 Å². The van der Waals surface area contributed by atoms with Crippen LogP contribution >= 0.6 is 0 Å². The van der Waals surface area contributed by atoms with Crippen molar-refractivity contribution in [2.45, 2.75) is 82.8 Å². The number of hydrogen-bond acceptors (Lipinski definition) is 5. The second-order valence-corrected chi connectivity index (χ2v) is 10.5. The van der Waals surface area contributed by atoms with Gasteiger partial charge in [0.2, 0.25) is 0 Å². The molecule has 2 heterocycles. The molecule has 1 saturated carbocycles. The Kier molecular flexibility index (Phi) is 7.85. The first kappa shape index (κ1) is 24.8. The summed E-state index contributed by atoms with van der Waals surface area (Å²) in [5.74, 6) is 0.368. The van der Waals surface area contributed by atoms with Gasteiger partial charge in [0.25, 0.3) is 5.91 Å². The van der Waals surface area contributed by atoms with Gasteiger partial charge in [-0.1, -0.05) is 18.2 Å². The number of pyridine rings is 1. The Morgan fingerprint density at radius 2 is 1.92 bits per heavy atom. The molecule has 0 saturated heterocycles. The maximum absolute atomic E-state index is 12.9. The van der Waals surface area contributed by atoms with E-state index >= 15 is 0 Å². The smallest absolute Gasteiger partial charge is 0.326 e. The number of aromatic nitrogens is 1. The number of rotatable bonds is 10. The molecular formula is C29H37N3O4. The lowest BCUT2D eigenvalue weighted by Crippen LogP contribution is -2.42. The van der Waals surface area contributed by atoms with Crippen LogP contribution in [0.25, 0.3) is 0 Å². The Hall–Kier alpha value is -2.93. The SMILES string of the molecule is O=C(N[C@@H](CCO[C@H]1C[C@@H](CCc2ccc3c(n2)NCCC3)C1)C(=O)O)c1cccc2c1CCCC2. The largest absolute Gasteiger partial charge is 0.480 e. The molecule has 1 aromatic heterocycles. The molecular weight excluding hydrogens is 454 g/mol. The molecule has 1 atom stereocenters. The molecule has 3 N–H and O–H groups in total. The fourth-order valence-corrected chi connectivity index (χ4v) is 5.75. The summed E-state index contributed by atoms with van der Waals surface area (Å²) in [4.78, 5) is 29.5. The van der Waals surface area contributed by atoms with Gasteiger partial charge in [0.15, 0.2) is 0 Å². The van der Waals surface area contributed by atoms with Crippen molar-refractivity contribution in [1.82, 2.24) is 10.3 Å². The van der Waals surface area contributed by atoms with Crippen LogP contribution in [-0.4, -0.2) is 47.3 Å². The maximum Gasteiger partial charge on any atom is 0.326 e. The quantitative estimate of drug-likeness (QED) is 0.458. The van der Waals surface area contributed by atoms with E-state index in [1.165, 1.54) is 17.5 Å². The molecule has 1 aromatic carbocycles. The molecule has 0 bridgehead atoms. The zero-order chi connectivity index (χ0) is 24.9. The number of aliphatic carboxylic acids is 1. The summed E-state index contributed by atoms with van der Waals surface area (Å²) in [6.07, 6.45) is 10.9. The lowest BCUT2D eigenvalue weighted by molar-refractivity contribution is -0.140. The molecule has 7 heteroatoms. The normalized spacial score (nSPS) is 21.3. The molecule has 2 aromatic rings. The van der Waals surface area contributed by atoms with Crippen LogP contribution in [0.5, 0.6) is 0 Å². The summed E-state index contributed by atoms with van der Waals surface area (Å²) < 4.78 is 5.95. The van der Waals surface area contributed by atoms with Crippen LogP contribution in [0, 0.1) is 5.92 Å². The third-order valence-electron chi connectivity index (χ3n) is 7.96. The zero-order valence-corrected chi connectivity index (χ0v) is 20.9. The second-order valence-electron chi connectivity index (χ2n) is 10.5. The van der Waals surface area contributed by atoms with Crippen molar-refractivity contribution in [3.63, 3.8) is 0 Å². The number of amides is 1. The van der Waals surface area contributed by atoms with Gasteiger partial charge in [0, 0.05) is 30.8 Å². The van der Waals surface area contributed by atoms with Crippen molar-refractivity contribution in [3.05, 3.63) is 58.3 Å². The molecule has 36 heavy (non-hydrogen) atoms. The van der Waals surface area contributed by atoms with E-state index in [1.807, 2.05) is 6.07 Å². The number of hydrogen-bond donors (Lipinski definition) is 3. The van der Waals surface area contributed by atoms with Crippen LogP contribution in [0.4, 0.5) is 5.82 Å². The van der Waals surface area contributed by atoms with Crippen LogP contribution < -0.4 is 10.6 Å². The van der Waals surface area contributed by atoms with Gasteiger partial charge >= 0.3 is 5.97 Å². The highest BCUT2D eigenvalue weighted by Gasteiger charge is 2.30. The molecule has 1 amide bonds. The summed E-state index contributed by atoms with van der Waals surface area (Å²) in [7, 11) is 0. The van der Waals surface area contributed by atoms with Crippen molar-refractivity contribution in [3.8, 4) is 0 Å². The zero-order valence-electron chi connectivity index (χ0n) is 20.9. The molecule has 5 rings (SSSR count). The number of anilines is 1. The topological polar surface area (TPSA) is 101 Å². The number of carboxylic acids is 1. The fourth-order valence-electron chi connectivity index (χ4n) is 5.75.